The second-order valence-corrected chi connectivity index (χ2v) is 2.77. The summed E-state index contributed by atoms with van der Waals surface area (Å²) in [6.45, 7) is 0. The average molecular weight is 202 g/mol. The molecule has 1 unspecified atom stereocenters. The second kappa shape index (κ2) is 4.34. The minimum atomic E-state index is -0.726. The van der Waals surface area contributed by atoms with Crippen molar-refractivity contribution < 1.29 is 13.5 Å². The Kier molecular flexibility index (Phi) is 3.38. The van der Waals surface area contributed by atoms with Crippen molar-refractivity contribution in [1.82, 2.24) is 5.32 Å². The molecule has 0 spiro atoms. The van der Waals surface area contributed by atoms with E-state index in [2.05, 4.69) is 10.1 Å². The third-order valence-electron chi connectivity index (χ3n) is 1.92. The molecule has 1 aromatic rings. The molecule has 1 rings (SSSR count). The van der Waals surface area contributed by atoms with Crippen LogP contribution >= 0.6 is 0 Å². The molecule has 0 aromatic heterocycles. The van der Waals surface area contributed by atoms with Crippen LogP contribution in [0.25, 0.3) is 0 Å². The van der Waals surface area contributed by atoms with Crippen LogP contribution in [0, 0.1) is 11.6 Å². The zero-order chi connectivity index (χ0) is 10.7. The summed E-state index contributed by atoms with van der Waals surface area (Å²) in [6, 6.07) is 2.00. The molecule has 3 nitrogen and oxygen atoms in total. The summed E-state index contributed by atoms with van der Waals surface area (Å²) >= 11 is 0. The normalized spacial score (nSPS) is 12.6. The zero-order valence-electron chi connectivity index (χ0n) is 7.97. The maximum atomic E-state index is 13.3. The van der Waals surface area contributed by atoms with Gasteiger partial charge in [0.2, 0.25) is 0 Å². The molecule has 0 amide bonds. The topological polar surface area (TPSA) is 47.3 Å². The third-order valence-corrected chi connectivity index (χ3v) is 1.92. The van der Waals surface area contributed by atoms with Crippen molar-refractivity contribution in [1.29, 1.82) is 0 Å². The molecule has 0 aliphatic carbocycles. The van der Waals surface area contributed by atoms with Crippen molar-refractivity contribution in [2.75, 3.05) is 14.2 Å². The molecule has 14 heavy (non-hydrogen) atoms. The van der Waals surface area contributed by atoms with Crippen molar-refractivity contribution in [3.63, 3.8) is 0 Å². The van der Waals surface area contributed by atoms with E-state index in [-0.39, 0.29) is 11.3 Å². The van der Waals surface area contributed by atoms with Crippen molar-refractivity contribution in [2.45, 2.75) is 6.17 Å². The van der Waals surface area contributed by atoms with Crippen LogP contribution in [-0.2, 0) is 0 Å². The van der Waals surface area contributed by atoms with E-state index < -0.39 is 17.8 Å². The van der Waals surface area contributed by atoms with Gasteiger partial charge in [-0.2, -0.15) is 0 Å². The molecule has 1 aromatic carbocycles. The number of nitrogens with one attached hydrogen (secondary N) is 1. The van der Waals surface area contributed by atoms with Crippen molar-refractivity contribution >= 4 is 0 Å². The SMILES string of the molecule is CNC(N)c1cc(F)c(OC)cc1F. The molecule has 0 aliphatic rings. The lowest BCUT2D eigenvalue weighted by molar-refractivity contribution is 0.380. The van der Waals surface area contributed by atoms with Crippen molar-refractivity contribution in [2.24, 2.45) is 5.73 Å². The highest BCUT2D eigenvalue weighted by atomic mass is 19.1. The van der Waals surface area contributed by atoms with Crippen LogP contribution in [0.15, 0.2) is 12.1 Å². The van der Waals surface area contributed by atoms with Gasteiger partial charge < -0.3 is 15.8 Å². The molecule has 0 saturated carbocycles. The molecule has 0 aliphatic heterocycles. The fourth-order valence-electron chi connectivity index (χ4n) is 1.09. The summed E-state index contributed by atoms with van der Waals surface area (Å²) in [5, 5.41) is 2.62. The number of halogens is 2. The summed E-state index contributed by atoms with van der Waals surface area (Å²) in [5.41, 5.74) is 5.57. The van der Waals surface area contributed by atoms with Crippen LogP contribution in [-0.4, -0.2) is 14.2 Å². The van der Waals surface area contributed by atoms with Gasteiger partial charge in [0.15, 0.2) is 11.6 Å². The number of methoxy groups -OCH3 is 1. The third kappa shape index (κ3) is 2.00. The van der Waals surface area contributed by atoms with E-state index in [1.807, 2.05) is 0 Å². The Balaban J connectivity index is 3.14. The van der Waals surface area contributed by atoms with Gasteiger partial charge in [0.05, 0.1) is 13.3 Å². The van der Waals surface area contributed by atoms with Crippen molar-refractivity contribution in [3.8, 4) is 5.75 Å². The summed E-state index contributed by atoms with van der Waals surface area (Å²) < 4.78 is 31.1. The lowest BCUT2D eigenvalue weighted by Gasteiger charge is -2.13. The minimum Gasteiger partial charge on any atom is -0.494 e. The van der Waals surface area contributed by atoms with Crippen LogP contribution < -0.4 is 15.8 Å². The Morgan fingerprint density at radius 1 is 1.36 bits per heavy atom. The van der Waals surface area contributed by atoms with E-state index in [0.29, 0.717) is 0 Å². The van der Waals surface area contributed by atoms with Crippen LogP contribution in [0.3, 0.4) is 0 Å². The molecule has 0 heterocycles. The Hall–Kier alpha value is -1.20. The highest BCUT2D eigenvalue weighted by Crippen LogP contribution is 2.23. The van der Waals surface area contributed by atoms with Crippen LogP contribution in [0.5, 0.6) is 5.75 Å². The summed E-state index contributed by atoms with van der Waals surface area (Å²) in [6.07, 6.45) is -0.726. The Morgan fingerprint density at radius 3 is 2.50 bits per heavy atom. The lowest BCUT2D eigenvalue weighted by atomic mass is 10.1. The molecule has 0 bridgehead atoms. The van der Waals surface area contributed by atoms with E-state index >= 15 is 0 Å². The highest BCUT2D eigenvalue weighted by molar-refractivity contribution is 5.32. The first-order valence-corrected chi connectivity index (χ1v) is 4.06. The fourth-order valence-corrected chi connectivity index (χ4v) is 1.09. The largest absolute Gasteiger partial charge is 0.494 e. The maximum Gasteiger partial charge on any atom is 0.165 e. The first-order chi connectivity index (χ1) is 6.60. The second-order valence-electron chi connectivity index (χ2n) is 2.77. The van der Waals surface area contributed by atoms with Gasteiger partial charge in [-0.05, 0) is 13.1 Å². The zero-order valence-corrected chi connectivity index (χ0v) is 7.97. The van der Waals surface area contributed by atoms with Gasteiger partial charge in [0.1, 0.15) is 5.82 Å². The molecule has 1 atom stereocenters. The molecule has 3 N–H and O–H groups in total. The molecule has 0 radical (unpaired) electrons. The Labute approximate surface area is 80.9 Å². The lowest BCUT2D eigenvalue weighted by Crippen LogP contribution is -2.26. The predicted octanol–water partition coefficient (Wildman–Crippen LogP) is 1.15. The number of benzene rings is 1. The van der Waals surface area contributed by atoms with E-state index in [1.165, 1.54) is 7.11 Å². The van der Waals surface area contributed by atoms with Gasteiger partial charge in [-0.25, -0.2) is 8.78 Å². The maximum absolute atomic E-state index is 13.3. The number of hydrogen-bond donors (Lipinski definition) is 2. The van der Waals surface area contributed by atoms with Gasteiger partial charge in [0.25, 0.3) is 0 Å². The predicted molar refractivity (Wildman–Crippen MR) is 48.9 cm³/mol. The minimum absolute atomic E-state index is 0.0748. The number of ether oxygens (including phenoxy) is 1. The molecular weight excluding hydrogens is 190 g/mol. The molecular formula is C9H12F2N2O. The number of nitrogens with two attached hydrogens (primary N) is 1. The van der Waals surface area contributed by atoms with Gasteiger partial charge in [-0.1, -0.05) is 0 Å². The summed E-state index contributed by atoms with van der Waals surface area (Å²) in [4.78, 5) is 0. The van der Waals surface area contributed by atoms with E-state index in [0.717, 1.165) is 12.1 Å². The molecule has 5 heteroatoms. The first-order valence-electron chi connectivity index (χ1n) is 4.06. The van der Waals surface area contributed by atoms with E-state index in [1.54, 1.807) is 7.05 Å². The van der Waals surface area contributed by atoms with E-state index in [4.69, 9.17) is 5.73 Å². The van der Waals surface area contributed by atoms with Gasteiger partial charge in [0, 0.05) is 11.6 Å². The Morgan fingerprint density at radius 2 is 2.00 bits per heavy atom. The summed E-state index contributed by atoms with van der Waals surface area (Å²) in [5.74, 6) is -1.35. The number of hydrogen-bond acceptors (Lipinski definition) is 3. The molecule has 78 valence electrons. The van der Waals surface area contributed by atoms with Gasteiger partial charge >= 0.3 is 0 Å². The van der Waals surface area contributed by atoms with Crippen LogP contribution in [0.1, 0.15) is 11.7 Å². The Bertz CT molecular complexity index is 331. The molecule has 0 fully saturated rings. The highest BCUT2D eigenvalue weighted by Gasteiger charge is 2.14. The smallest absolute Gasteiger partial charge is 0.165 e. The monoisotopic (exact) mass is 202 g/mol. The van der Waals surface area contributed by atoms with Crippen LogP contribution in [0.4, 0.5) is 8.78 Å². The standard InChI is InChI=1S/C9H12F2N2O/c1-13-9(12)5-3-7(11)8(14-2)4-6(5)10/h3-4,9,13H,12H2,1-2H3. The molecule has 0 saturated heterocycles. The fraction of sp³-hybridized carbons (Fsp3) is 0.333. The van der Waals surface area contributed by atoms with Gasteiger partial charge in [-0.3, -0.25) is 0 Å². The number of rotatable bonds is 3. The first kappa shape index (κ1) is 10.9. The van der Waals surface area contributed by atoms with E-state index in [9.17, 15) is 8.78 Å². The summed E-state index contributed by atoms with van der Waals surface area (Å²) in [7, 11) is 2.84. The van der Waals surface area contributed by atoms with Crippen LogP contribution in [0.2, 0.25) is 0 Å². The van der Waals surface area contributed by atoms with Crippen molar-refractivity contribution in [3.05, 3.63) is 29.3 Å². The quantitative estimate of drug-likeness (QED) is 0.723. The van der Waals surface area contributed by atoms with Gasteiger partial charge in [-0.15, -0.1) is 0 Å². The average Bonchev–Trinajstić information content (AvgIpc) is 2.19.